The third-order valence-corrected chi connectivity index (χ3v) is 4.69. The van der Waals surface area contributed by atoms with Gasteiger partial charge in [0.05, 0.1) is 12.3 Å². The quantitative estimate of drug-likeness (QED) is 0.857. The summed E-state index contributed by atoms with van der Waals surface area (Å²) < 4.78 is 5.05. The van der Waals surface area contributed by atoms with Crippen molar-refractivity contribution in [2.45, 2.75) is 33.1 Å². The highest BCUT2D eigenvalue weighted by atomic mass is 32.1. The van der Waals surface area contributed by atoms with Crippen molar-refractivity contribution < 1.29 is 9.53 Å². The highest BCUT2D eigenvalue weighted by molar-refractivity contribution is 7.21. The molecule has 2 N–H and O–H groups in total. The summed E-state index contributed by atoms with van der Waals surface area (Å²) in [5.74, 6) is -0.340. The lowest BCUT2D eigenvalue weighted by atomic mass is 10.1. The number of fused-ring (bicyclic) bond motifs is 3. The summed E-state index contributed by atoms with van der Waals surface area (Å²) in [6.45, 7) is 4.18. The van der Waals surface area contributed by atoms with Crippen LogP contribution >= 0.6 is 11.3 Å². The molecule has 0 atom stereocenters. The van der Waals surface area contributed by atoms with Crippen LogP contribution in [-0.2, 0) is 17.6 Å². The second-order valence-corrected chi connectivity index (χ2v) is 5.75. The standard InChI is InChI=1S/C14H16N2O2S/c1-3-18-14(17)12-11(15)10-9-6-4-5-8(9)7(2)16-13(10)19-12/h3-6,15H2,1-2H3. The van der Waals surface area contributed by atoms with E-state index < -0.39 is 0 Å². The lowest BCUT2D eigenvalue weighted by Gasteiger charge is -2.05. The second-order valence-electron chi connectivity index (χ2n) is 4.75. The number of nitrogen functional groups attached to an aromatic ring is 1. The molecule has 5 heteroatoms. The minimum atomic E-state index is -0.340. The molecule has 0 aromatic carbocycles. The molecule has 2 heterocycles. The van der Waals surface area contributed by atoms with E-state index in [2.05, 4.69) is 4.98 Å². The molecule has 3 rings (SSSR count). The number of esters is 1. The maximum Gasteiger partial charge on any atom is 0.350 e. The Kier molecular flexibility index (Phi) is 2.93. The van der Waals surface area contributed by atoms with Gasteiger partial charge in [-0.25, -0.2) is 9.78 Å². The van der Waals surface area contributed by atoms with E-state index in [-0.39, 0.29) is 5.97 Å². The van der Waals surface area contributed by atoms with Gasteiger partial charge in [-0.15, -0.1) is 11.3 Å². The average molecular weight is 276 g/mol. The Labute approximate surface area is 115 Å². The van der Waals surface area contributed by atoms with Crippen LogP contribution in [0.15, 0.2) is 0 Å². The monoisotopic (exact) mass is 276 g/mol. The minimum absolute atomic E-state index is 0.340. The number of anilines is 1. The first kappa shape index (κ1) is 12.4. The van der Waals surface area contributed by atoms with E-state index in [1.54, 1.807) is 6.92 Å². The Morgan fingerprint density at radius 1 is 1.42 bits per heavy atom. The maximum atomic E-state index is 11.9. The van der Waals surface area contributed by atoms with Gasteiger partial charge in [-0.3, -0.25) is 0 Å². The summed E-state index contributed by atoms with van der Waals surface area (Å²) in [5.41, 5.74) is 10.4. The molecule has 0 saturated carbocycles. The highest BCUT2D eigenvalue weighted by Crippen LogP contribution is 2.40. The predicted octanol–water partition coefficient (Wildman–Crippen LogP) is 2.85. The molecule has 100 valence electrons. The van der Waals surface area contributed by atoms with Crippen LogP contribution < -0.4 is 5.73 Å². The zero-order valence-corrected chi connectivity index (χ0v) is 11.9. The van der Waals surface area contributed by atoms with Gasteiger partial charge in [0.1, 0.15) is 9.71 Å². The molecule has 4 nitrogen and oxygen atoms in total. The smallest absolute Gasteiger partial charge is 0.350 e. The Bertz CT molecular complexity index is 676. The second kappa shape index (κ2) is 4.49. The number of carbonyl (C=O) groups excluding carboxylic acids is 1. The van der Waals surface area contributed by atoms with Crippen LogP contribution in [0.25, 0.3) is 10.2 Å². The number of aromatic nitrogens is 1. The van der Waals surface area contributed by atoms with Crippen molar-refractivity contribution in [3.05, 3.63) is 21.7 Å². The molecule has 19 heavy (non-hydrogen) atoms. The number of pyridine rings is 1. The number of hydrogen-bond acceptors (Lipinski definition) is 5. The van der Waals surface area contributed by atoms with Crippen LogP contribution in [0, 0.1) is 6.92 Å². The van der Waals surface area contributed by atoms with Crippen LogP contribution in [-0.4, -0.2) is 17.6 Å². The normalized spacial score (nSPS) is 13.8. The van der Waals surface area contributed by atoms with E-state index in [1.807, 2.05) is 6.92 Å². The van der Waals surface area contributed by atoms with E-state index >= 15 is 0 Å². The van der Waals surface area contributed by atoms with Crippen molar-refractivity contribution in [2.75, 3.05) is 12.3 Å². The van der Waals surface area contributed by atoms with Gasteiger partial charge in [-0.1, -0.05) is 0 Å². The molecule has 1 aliphatic rings. The molecule has 0 aliphatic heterocycles. The number of carbonyl (C=O) groups is 1. The van der Waals surface area contributed by atoms with E-state index in [0.717, 1.165) is 35.2 Å². The summed E-state index contributed by atoms with van der Waals surface area (Å²) in [7, 11) is 0. The number of hydrogen-bond donors (Lipinski definition) is 1. The van der Waals surface area contributed by atoms with Crippen LogP contribution in [0.1, 0.15) is 39.8 Å². The molecule has 0 unspecified atom stereocenters. The number of rotatable bonds is 2. The molecule has 0 bridgehead atoms. The summed E-state index contributed by atoms with van der Waals surface area (Å²) in [6.07, 6.45) is 3.23. The fourth-order valence-electron chi connectivity index (χ4n) is 2.79. The van der Waals surface area contributed by atoms with Crippen molar-refractivity contribution in [3.8, 4) is 0 Å². The summed E-state index contributed by atoms with van der Waals surface area (Å²) in [4.78, 5) is 17.9. The Morgan fingerprint density at radius 3 is 2.89 bits per heavy atom. The van der Waals surface area contributed by atoms with E-state index in [0.29, 0.717) is 17.2 Å². The highest BCUT2D eigenvalue weighted by Gasteiger charge is 2.25. The fourth-order valence-corrected chi connectivity index (χ4v) is 3.85. The fraction of sp³-hybridized carbons (Fsp3) is 0.429. The zero-order chi connectivity index (χ0) is 13.6. The third-order valence-electron chi connectivity index (χ3n) is 3.61. The lowest BCUT2D eigenvalue weighted by Crippen LogP contribution is -2.05. The molecule has 1 aliphatic carbocycles. The molecule has 0 spiro atoms. The minimum Gasteiger partial charge on any atom is -0.462 e. The number of thiophene rings is 1. The first-order valence-corrected chi connectivity index (χ1v) is 7.32. The van der Waals surface area contributed by atoms with Crippen LogP contribution in [0.5, 0.6) is 0 Å². The number of aryl methyl sites for hydroxylation is 2. The van der Waals surface area contributed by atoms with Gasteiger partial charge < -0.3 is 10.5 Å². The Morgan fingerprint density at radius 2 is 2.16 bits per heavy atom. The van der Waals surface area contributed by atoms with Crippen molar-refractivity contribution in [2.24, 2.45) is 0 Å². The molecule has 0 saturated heterocycles. The van der Waals surface area contributed by atoms with Gasteiger partial charge in [0, 0.05) is 11.1 Å². The van der Waals surface area contributed by atoms with Crippen molar-refractivity contribution in [1.82, 2.24) is 4.98 Å². The first-order valence-electron chi connectivity index (χ1n) is 6.51. The molecule has 0 fully saturated rings. The predicted molar refractivity (Wildman–Crippen MR) is 76.8 cm³/mol. The molecule has 2 aromatic heterocycles. The maximum absolute atomic E-state index is 11.9. The summed E-state index contributed by atoms with van der Waals surface area (Å²) >= 11 is 1.34. The van der Waals surface area contributed by atoms with Gasteiger partial charge in [0.25, 0.3) is 0 Å². The molecule has 0 amide bonds. The SMILES string of the molecule is CCOC(=O)c1sc2nc(C)c3c(c2c1N)CCC3. The number of nitrogens with zero attached hydrogens (tertiary/aromatic N) is 1. The lowest BCUT2D eigenvalue weighted by molar-refractivity contribution is 0.0533. The molecule has 0 radical (unpaired) electrons. The van der Waals surface area contributed by atoms with Crippen LogP contribution in [0.2, 0.25) is 0 Å². The van der Waals surface area contributed by atoms with Crippen LogP contribution in [0.4, 0.5) is 5.69 Å². The van der Waals surface area contributed by atoms with E-state index in [1.165, 1.54) is 22.5 Å². The van der Waals surface area contributed by atoms with E-state index in [9.17, 15) is 4.79 Å². The Hall–Kier alpha value is -1.62. The molecular weight excluding hydrogens is 260 g/mol. The van der Waals surface area contributed by atoms with Crippen molar-refractivity contribution in [3.63, 3.8) is 0 Å². The first-order chi connectivity index (χ1) is 9.13. The molecule has 2 aromatic rings. The van der Waals surface area contributed by atoms with Gasteiger partial charge in [0.15, 0.2) is 0 Å². The largest absolute Gasteiger partial charge is 0.462 e. The number of ether oxygens (including phenoxy) is 1. The van der Waals surface area contributed by atoms with Gasteiger partial charge in [-0.2, -0.15) is 0 Å². The third kappa shape index (κ3) is 1.80. The topological polar surface area (TPSA) is 65.2 Å². The van der Waals surface area contributed by atoms with Gasteiger partial charge in [-0.05, 0) is 44.2 Å². The Balaban J connectivity index is 2.25. The number of nitrogens with two attached hydrogens (primary N) is 1. The van der Waals surface area contributed by atoms with Gasteiger partial charge in [0.2, 0.25) is 0 Å². The van der Waals surface area contributed by atoms with Gasteiger partial charge >= 0.3 is 5.97 Å². The van der Waals surface area contributed by atoms with Crippen LogP contribution in [0.3, 0.4) is 0 Å². The summed E-state index contributed by atoms with van der Waals surface area (Å²) in [5, 5.41) is 0.978. The van der Waals surface area contributed by atoms with Crippen molar-refractivity contribution >= 4 is 33.2 Å². The average Bonchev–Trinajstić information content (AvgIpc) is 2.95. The van der Waals surface area contributed by atoms with Crippen molar-refractivity contribution in [1.29, 1.82) is 0 Å². The van der Waals surface area contributed by atoms with E-state index in [4.69, 9.17) is 10.5 Å². The zero-order valence-electron chi connectivity index (χ0n) is 11.1. The molecular formula is C14H16N2O2S. The summed E-state index contributed by atoms with van der Waals surface area (Å²) in [6, 6.07) is 0.